The van der Waals surface area contributed by atoms with Crippen molar-refractivity contribution < 1.29 is 13.2 Å². The van der Waals surface area contributed by atoms with Crippen LogP contribution in [-0.4, -0.2) is 37.4 Å². The van der Waals surface area contributed by atoms with Crippen molar-refractivity contribution in [2.45, 2.75) is 50.3 Å². The lowest BCUT2D eigenvalue weighted by molar-refractivity contribution is -0.118. The van der Waals surface area contributed by atoms with Gasteiger partial charge in [0.1, 0.15) is 5.75 Å². The summed E-state index contributed by atoms with van der Waals surface area (Å²) in [6.45, 7) is 3.84. The van der Waals surface area contributed by atoms with Crippen LogP contribution in [0.3, 0.4) is 0 Å². The highest BCUT2D eigenvalue weighted by Gasteiger charge is 2.30. The van der Waals surface area contributed by atoms with Crippen molar-refractivity contribution in [1.29, 1.82) is 0 Å². The zero-order chi connectivity index (χ0) is 13.1. The first-order chi connectivity index (χ1) is 7.71. The van der Waals surface area contributed by atoms with Crippen molar-refractivity contribution in [3.8, 4) is 0 Å². The molecule has 1 rings (SSSR count). The molecule has 7 heteroatoms. The highest BCUT2D eigenvalue weighted by molar-refractivity contribution is 7.92. The predicted molar refractivity (Wildman–Crippen MR) is 74.6 cm³/mol. The van der Waals surface area contributed by atoms with Crippen molar-refractivity contribution in [1.82, 2.24) is 5.32 Å². The Bertz CT molecular complexity index is 370. The van der Waals surface area contributed by atoms with Gasteiger partial charge in [0, 0.05) is 12.1 Å². The molecule has 0 aliphatic heterocycles. The van der Waals surface area contributed by atoms with Crippen LogP contribution in [0.1, 0.15) is 39.5 Å². The standard InChI is InChI=1S/C11H22N2O3S.ClH/c1-11(2,12)8-13-10(14)7-17(15,16)9-5-3-4-6-9;/h9H,3-8,12H2,1-2H3,(H,13,14);1H. The Morgan fingerprint density at radius 2 is 1.83 bits per heavy atom. The number of halogens is 1. The number of amides is 1. The van der Waals surface area contributed by atoms with Gasteiger partial charge in [0.05, 0.1) is 5.25 Å². The van der Waals surface area contributed by atoms with E-state index < -0.39 is 27.0 Å². The molecular weight excluding hydrogens is 276 g/mol. The maximum atomic E-state index is 11.9. The van der Waals surface area contributed by atoms with Crippen molar-refractivity contribution in [2.75, 3.05) is 12.3 Å². The second-order valence-electron chi connectivity index (χ2n) is 5.48. The third-order valence-electron chi connectivity index (χ3n) is 2.88. The number of rotatable bonds is 5. The number of nitrogens with one attached hydrogen (secondary N) is 1. The smallest absolute Gasteiger partial charge is 0.235 e. The largest absolute Gasteiger partial charge is 0.353 e. The summed E-state index contributed by atoms with van der Waals surface area (Å²) >= 11 is 0. The molecule has 18 heavy (non-hydrogen) atoms. The summed E-state index contributed by atoms with van der Waals surface area (Å²) in [6, 6.07) is 0. The molecular formula is C11H23ClN2O3S. The highest BCUT2D eigenvalue weighted by atomic mass is 35.5. The van der Waals surface area contributed by atoms with Crippen LogP contribution < -0.4 is 11.1 Å². The highest BCUT2D eigenvalue weighted by Crippen LogP contribution is 2.25. The number of carbonyl (C=O) groups is 1. The van der Waals surface area contributed by atoms with Crippen LogP contribution >= 0.6 is 12.4 Å². The lowest BCUT2D eigenvalue weighted by atomic mass is 10.1. The van der Waals surface area contributed by atoms with E-state index in [9.17, 15) is 13.2 Å². The van der Waals surface area contributed by atoms with Crippen LogP contribution in [0.25, 0.3) is 0 Å². The van der Waals surface area contributed by atoms with Gasteiger partial charge in [-0.15, -0.1) is 12.4 Å². The second kappa shape index (κ2) is 6.73. The van der Waals surface area contributed by atoms with E-state index in [1.54, 1.807) is 13.8 Å². The van der Waals surface area contributed by atoms with Gasteiger partial charge >= 0.3 is 0 Å². The lowest BCUT2D eigenvalue weighted by Crippen LogP contribution is -2.46. The van der Waals surface area contributed by atoms with Gasteiger partial charge in [-0.25, -0.2) is 8.42 Å². The van der Waals surface area contributed by atoms with Gasteiger partial charge in [0.25, 0.3) is 0 Å². The minimum absolute atomic E-state index is 0. The molecule has 1 amide bonds. The average Bonchev–Trinajstić information content (AvgIpc) is 2.66. The van der Waals surface area contributed by atoms with Gasteiger partial charge in [-0.1, -0.05) is 12.8 Å². The molecule has 0 unspecified atom stereocenters. The molecule has 0 aromatic rings. The van der Waals surface area contributed by atoms with Crippen molar-refractivity contribution >= 4 is 28.2 Å². The van der Waals surface area contributed by atoms with Gasteiger partial charge in [-0.05, 0) is 26.7 Å². The molecule has 0 bridgehead atoms. The summed E-state index contributed by atoms with van der Waals surface area (Å²) in [4.78, 5) is 11.5. The topological polar surface area (TPSA) is 89.3 Å². The molecule has 0 atom stereocenters. The Balaban J connectivity index is 0.00000289. The number of hydrogen-bond donors (Lipinski definition) is 2. The molecule has 0 heterocycles. The molecule has 1 saturated carbocycles. The first-order valence-electron chi connectivity index (χ1n) is 5.98. The summed E-state index contributed by atoms with van der Waals surface area (Å²) in [5, 5.41) is 2.24. The molecule has 0 aromatic carbocycles. The number of hydrogen-bond acceptors (Lipinski definition) is 4. The molecule has 0 saturated heterocycles. The predicted octanol–water partition coefficient (Wildman–Crippen LogP) is 0.619. The Hall–Kier alpha value is -0.330. The minimum Gasteiger partial charge on any atom is -0.353 e. The Morgan fingerprint density at radius 1 is 1.33 bits per heavy atom. The SMILES string of the molecule is CC(C)(N)CNC(=O)CS(=O)(=O)C1CCCC1.Cl. The third-order valence-corrected chi connectivity index (χ3v) is 5.04. The monoisotopic (exact) mass is 298 g/mol. The second-order valence-corrected chi connectivity index (χ2v) is 7.76. The van der Waals surface area contributed by atoms with E-state index in [1.165, 1.54) is 0 Å². The molecule has 1 fully saturated rings. The molecule has 1 aliphatic rings. The van der Waals surface area contributed by atoms with Crippen LogP contribution in [0.5, 0.6) is 0 Å². The molecule has 5 nitrogen and oxygen atoms in total. The first kappa shape index (κ1) is 17.7. The van der Waals surface area contributed by atoms with Crippen molar-refractivity contribution in [3.63, 3.8) is 0 Å². The summed E-state index contributed by atoms with van der Waals surface area (Å²) < 4.78 is 23.8. The average molecular weight is 299 g/mol. The molecule has 0 spiro atoms. The fourth-order valence-electron chi connectivity index (χ4n) is 1.93. The van der Waals surface area contributed by atoms with E-state index in [0.29, 0.717) is 12.8 Å². The summed E-state index contributed by atoms with van der Waals surface area (Å²) in [5.41, 5.74) is 5.18. The van der Waals surface area contributed by atoms with Gasteiger partial charge in [0.2, 0.25) is 5.91 Å². The van der Waals surface area contributed by atoms with Crippen LogP contribution in [0, 0.1) is 0 Å². The molecule has 3 N–H and O–H groups in total. The fraction of sp³-hybridized carbons (Fsp3) is 0.909. The number of nitrogens with two attached hydrogens (primary N) is 1. The van der Waals surface area contributed by atoms with E-state index in [0.717, 1.165) is 12.8 Å². The van der Waals surface area contributed by atoms with E-state index in [1.807, 2.05) is 0 Å². The van der Waals surface area contributed by atoms with E-state index >= 15 is 0 Å². The normalized spacial score (nSPS) is 17.3. The van der Waals surface area contributed by atoms with Crippen molar-refractivity contribution in [2.24, 2.45) is 5.73 Å². The van der Waals surface area contributed by atoms with Gasteiger partial charge < -0.3 is 11.1 Å². The summed E-state index contributed by atoms with van der Waals surface area (Å²) in [7, 11) is -3.28. The minimum atomic E-state index is -3.28. The van der Waals surface area contributed by atoms with Gasteiger partial charge in [0.15, 0.2) is 9.84 Å². The van der Waals surface area contributed by atoms with Gasteiger partial charge in [-0.2, -0.15) is 0 Å². The number of sulfone groups is 1. The lowest BCUT2D eigenvalue weighted by Gasteiger charge is -2.19. The quantitative estimate of drug-likeness (QED) is 0.778. The van der Waals surface area contributed by atoms with Crippen LogP contribution in [0.2, 0.25) is 0 Å². The Labute approximate surface area is 115 Å². The molecule has 1 aliphatic carbocycles. The van der Waals surface area contributed by atoms with E-state index in [-0.39, 0.29) is 24.2 Å². The van der Waals surface area contributed by atoms with E-state index in [2.05, 4.69) is 5.32 Å². The molecule has 0 radical (unpaired) electrons. The van der Waals surface area contributed by atoms with Crippen LogP contribution in [0.4, 0.5) is 0 Å². The Morgan fingerprint density at radius 3 is 2.28 bits per heavy atom. The maximum absolute atomic E-state index is 11.9. The summed E-state index contributed by atoms with van der Waals surface area (Å²) in [6.07, 6.45) is 3.28. The van der Waals surface area contributed by atoms with Gasteiger partial charge in [-0.3, -0.25) is 4.79 Å². The Kier molecular flexibility index (Phi) is 6.60. The molecule has 0 aromatic heterocycles. The van der Waals surface area contributed by atoms with Crippen LogP contribution in [-0.2, 0) is 14.6 Å². The number of carbonyl (C=O) groups excluding carboxylic acids is 1. The fourth-order valence-corrected chi connectivity index (χ4v) is 3.68. The van der Waals surface area contributed by atoms with Crippen LogP contribution in [0.15, 0.2) is 0 Å². The maximum Gasteiger partial charge on any atom is 0.235 e. The molecule has 108 valence electrons. The van der Waals surface area contributed by atoms with E-state index in [4.69, 9.17) is 5.73 Å². The zero-order valence-electron chi connectivity index (χ0n) is 10.9. The zero-order valence-corrected chi connectivity index (χ0v) is 12.6. The summed E-state index contributed by atoms with van der Waals surface area (Å²) in [5.74, 6) is -0.858. The first-order valence-corrected chi connectivity index (χ1v) is 7.69. The third kappa shape index (κ3) is 6.02. The van der Waals surface area contributed by atoms with Crippen molar-refractivity contribution in [3.05, 3.63) is 0 Å².